The Kier molecular flexibility index (Phi) is 5.83. The average Bonchev–Trinajstić information content (AvgIpc) is 2.43. The highest BCUT2D eigenvalue weighted by atomic mass is 32.2. The lowest BCUT2D eigenvalue weighted by molar-refractivity contribution is 0.205. The standard InChI is InChI=1S/C14H22F2N2O2S/c1-4-8-18(14(3,5-2)10-17)21(19,20)13-7-6-11(15)9-12(13)16/h6-7,9H,4-5,8,10,17H2,1-3H3. The summed E-state index contributed by atoms with van der Waals surface area (Å²) in [6, 6.07) is 2.46. The second-order valence-electron chi connectivity index (χ2n) is 5.21. The van der Waals surface area contributed by atoms with Crippen LogP contribution in [0.2, 0.25) is 0 Å². The van der Waals surface area contributed by atoms with Crippen molar-refractivity contribution in [1.29, 1.82) is 0 Å². The summed E-state index contributed by atoms with van der Waals surface area (Å²) in [5.41, 5.74) is 4.92. The molecule has 0 aromatic heterocycles. The van der Waals surface area contributed by atoms with Gasteiger partial charge in [0.25, 0.3) is 0 Å². The Morgan fingerprint density at radius 2 is 1.90 bits per heavy atom. The van der Waals surface area contributed by atoms with Crippen LogP contribution in [0.15, 0.2) is 23.1 Å². The fraction of sp³-hybridized carbons (Fsp3) is 0.571. The molecule has 1 atom stereocenters. The van der Waals surface area contributed by atoms with Gasteiger partial charge < -0.3 is 5.73 Å². The van der Waals surface area contributed by atoms with E-state index in [1.165, 1.54) is 4.31 Å². The van der Waals surface area contributed by atoms with Gasteiger partial charge in [0.05, 0.1) is 0 Å². The molecule has 1 aromatic carbocycles. The van der Waals surface area contributed by atoms with Gasteiger partial charge in [-0.1, -0.05) is 13.8 Å². The van der Waals surface area contributed by atoms with Crippen molar-refractivity contribution < 1.29 is 17.2 Å². The van der Waals surface area contributed by atoms with Gasteiger partial charge in [0.1, 0.15) is 16.5 Å². The fourth-order valence-electron chi connectivity index (χ4n) is 2.11. The van der Waals surface area contributed by atoms with Gasteiger partial charge in [-0.2, -0.15) is 4.31 Å². The molecule has 120 valence electrons. The lowest BCUT2D eigenvalue weighted by Gasteiger charge is -2.38. The first-order chi connectivity index (χ1) is 9.72. The van der Waals surface area contributed by atoms with Crippen LogP contribution in [0.5, 0.6) is 0 Å². The normalized spacial score (nSPS) is 15.2. The highest BCUT2D eigenvalue weighted by molar-refractivity contribution is 7.89. The Morgan fingerprint density at radius 1 is 1.29 bits per heavy atom. The molecule has 0 aliphatic rings. The first kappa shape index (κ1) is 18.0. The molecule has 0 aliphatic heterocycles. The number of sulfonamides is 1. The van der Waals surface area contributed by atoms with E-state index in [-0.39, 0.29) is 13.1 Å². The van der Waals surface area contributed by atoms with Gasteiger partial charge in [-0.05, 0) is 31.9 Å². The van der Waals surface area contributed by atoms with Gasteiger partial charge in [0.15, 0.2) is 0 Å². The third kappa shape index (κ3) is 3.59. The summed E-state index contributed by atoms with van der Waals surface area (Å²) in [5, 5.41) is 0. The maximum atomic E-state index is 13.9. The molecule has 1 aromatic rings. The Balaban J connectivity index is 3.41. The van der Waals surface area contributed by atoms with E-state index in [1.54, 1.807) is 6.92 Å². The van der Waals surface area contributed by atoms with Gasteiger partial charge in [0, 0.05) is 24.7 Å². The molecule has 0 amide bonds. The van der Waals surface area contributed by atoms with E-state index >= 15 is 0 Å². The summed E-state index contributed by atoms with van der Waals surface area (Å²) in [6.45, 7) is 5.72. The van der Waals surface area contributed by atoms with Crippen molar-refractivity contribution in [3.05, 3.63) is 29.8 Å². The van der Waals surface area contributed by atoms with E-state index in [4.69, 9.17) is 5.73 Å². The summed E-state index contributed by atoms with van der Waals surface area (Å²) in [6.07, 6.45) is 1.06. The molecule has 7 heteroatoms. The van der Waals surface area contributed by atoms with Crippen molar-refractivity contribution in [2.75, 3.05) is 13.1 Å². The zero-order valence-corrected chi connectivity index (χ0v) is 13.4. The minimum absolute atomic E-state index is 0.117. The zero-order valence-electron chi connectivity index (χ0n) is 12.6. The molecular weight excluding hydrogens is 298 g/mol. The molecule has 0 bridgehead atoms. The van der Waals surface area contributed by atoms with Crippen LogP contribution in [0.4, 0.5) is 8.78 Å². The van der Waals surface area contributed by atoms with E-state index in [0.717, 1.165) is 12.1 Å². The van der Waals surface area contributed by atoms with E-state index < -0.39 is 32.1 Å². The number of hydrogen-bond acceptors (Lipinski definition) is 3. The molecule has 0 aliphatic carbocycles. The number of rotatable bonds is 7. The van der Waals surface area contributed by atoms with Gasteiger partial charge >= 0.3 is 0 Å². The van der Waals surface area contributed by atoms with E-state index in [9.17, 15) is 17.2 Å². The smallest absolute Gasteiger partial charge is 0.246 e. The number of hydrogen-bond donors (Lipinski definition) is 1. The van der Waals surface area contributed by atoms with Crippen LogP contribution in [0, 0.1) is 11.6 Å². The van der Waals surface area contributed by atoms with E-state index in [0.29, 0.717) is 18.9 Å². The first-order valence-corrected chi connectivity index (χ1v) is 8.35. The molecule has 0 spiro atoms. The molecule has 0 fully saturated rings. The van der Waals surface area contributed by atoms with Gasteiger partial charge in [-0.3, -0.25) is 0 Å². The third-order valence-corrected chi connectivity index (χ3v) is 5.78. The summed E-state index contributed by atoms with van der Waals surface area (Å²) < 4.78 is 53.5. The molecule has 1 rings (SSSR count). The average molecular weight is 320 g/mol. The number of nitrogens with two attached hydrogens (primary N) is 1. The molecule has 0 saturated carbocycles. The van der Waals surface area contributed by atoms with Crippen molar-refractivity contribution in [1.82, 2.24) is 4.31 Å². The molecular formula is C14H22F2N2O2S. The highest BCUT2D eigenvalue weighted by Crippen LogP contribution is 2.28. The monoisotopic (exact) mass is 320 g/mol. The lowest BCUT2D eigenvalue weighted by atomic mass is 9.99. The minimum Gasteiger partial charge on any atom is -0.329 e. The van der Waals surface area contributed by atoms with Crippen molar-refractivity contribution in [3.8, 4) is 0 Å². The fourth-order valence-corrected chi connectivity index (χ4v) is 4.10. The largest absolute Gasteiger partial charge is 0.329 e. The van der Waals surface area contributed by atoms with Crippen LogP contribution in [-0.4, -0.2) is 31.4 Å². The van der Waals surface area contributed by atoms with Crippen LogP contribution in [0.3, 0.4) is 0 Å². The number of nitrogens with zero attached hydrogens (tertiary/aromatic N) is 1. The predicted octanol–water partition coefficient (Wildman–Crippen LogP) is 2.49. The van der Waals surface area contributed by atoms with Crippen LogP contribution in [0.1, 0.15) is 33.6 Å². The maximum Gasteiger partial charge on any atom is 0.246 e. The molecule has 2 N–H and O–H groups in total. The van der Waals surface area contributed by atoms with Crippen molar-refractivity contribution in [2.45, 2.75) is 44.0 Å². The van der Waals surface area contributed by atoms with Crippen molar-refractivity contribution in [2.24, 2.45) is 5.73 Å². The lowest BCUT2D eigenvalue weighted by Crippen LogP contribution is -2.54. The highest BCUT2D eigenvalue weighted by Gasteiger charge is 2.39. The van der Waals surface area contributed by atoms with E-state index in [2.05, 4.69) is 0 Å². The summed E-state index contributed by atoms with van der Waals surface area (Å²) in [5.74, 6) is -1.91. The zero-order chi connectivity index (χ0) is 16.3. The maximum absolute atomic E-state index is 13.9. The van der Waals surface area contributed by atoms with Gasteiger partial charge in [0.2, 0.25) is 10.0 Å². The molecule has 0 heterocycles. The predicted molar refractivity (Wildman–Crippen MR) is 78.3 cm³/mol. The Bertz CT molecular complexity index is 587. The van der Waals surface area contributed by atoms with Crippen molar-refractivity contribution >= 4 is 10.0 Å². The SMILES string of the molecule is CCCN(C(C)(CC)CN)S(=O)(=O)c1ccc(F)cc1F. The second kappa shape index (κ2) is 6.81. The summed E-state index contributed by atoms with van der Waals surface area (Å²) in [7, 11) is -4.08. The van der Waals surface area contributed by atoms with Crippen molar-refractivity contribution in [3.63, 3.8) is 0 Å². The molecule has 0 radical (unpaired) electrons. The number of benzene rings is 1. The molecule has 21 heavy (non-hydrogen) atoms. The quantitative estimate of drug-likeness (QED) is 0.839. The number of halogens is 2. The Morgan fingerprint density at radius 3 is 2.33 bits per heavy atom. The van der Waals surface area contributed by atoms with Gasteiger partial charge in [-0.15, -0.1) is 0 Å². The Hall–Kier alpha value is -1.05. The van der Waals surface area contributed by atoms with Gasteiger partial charge in [-0.25, -0.2) is 17.2 Å². The van der Waals surface area contributed by atoms with Crippen LogP contribution < -0.4 is 5.73 Å². The molecule has 4 nitrogen and oxygen atoms in total. The summed E-state index contributed by atoms with van der Waals surface area (Å²) >= 11 is 0. The molecule has 1 unspecified atom stereocenters. The topological polar surface area (TPSA) is 63.4 Å². The summed E-state index contributed by atoms with van der Waals surface area (Å²) in [4.78, 5) is -0.523. The second-order valence-corrected chi connectivity index (χ2v) is 7.04. The van der Waals surface area contributed by atoms with Crippen LogP contribution >= 0.6 is 0 Å². The minimum atomic E-state index is -4.08. The van der Waals surface area contributed by atoms with E-state index in [1.807, 2.05) is 13.8 Å². The van der Waals surface area contributed by atoms with Crippen LogP contribution in [0.25, 0.3) is 0 Å². The van der Waals surface area contributed by atoms with Crippen LogP contribution in [-0.2, 0) is 10.0 Å². The first-order valence-electron chi connectivity index (χ1n) is 6.91. The third-order valence-electron chi connectivity index (χ3n) is 3.69. The molecule has 0 saturated heterocycles. The Labute approximate surface area is 125 Å².